The van der Waals surface area contributed by atoms with Crippen molar-refractivity contribution in [2.24, 2.45) is 0 Å². The smallest absolute Gasteiger partial charge is 0.234 e. The van der Waals surface area contributed by atoms with E-state index in [2.05, 4.69) is 27.6 Å². The molecule has 1 aromatic heterocycles. The first kappa shape index (κ1) is 21.6. The van der Waals surface area contributed by atoms with Crippen LogP contribution in [0.3, 0.4) is 0 Å². The minimum atomic E-state index is -0.140. The Morgan fingerprint density at radius 1 is 0.969 bits per heavy atom. The van der Waals surface area contributed by atoms with Gasteiger partial charge in [-0.1, -0.05) is 65.9 Å². The second-order valence-electron chi connectivity index (χ2n) is 7.38. The van der Waals surface area contributed by atoms with Gasteiger partial charge in [0.25, 0.3) is 0 Å². The highest BCUT2D eigenvalue weighted by atomic mass is 32.2. The van der Waals surface area contributed by atoms with Gasteiger partial charge in [0.2, 0.25) is 5.91 Å². The summed E-state index contributed by atoms with van der Waals surface area (Å²) < 4.78 is 7.34. The van der Waals surface area contributed by atoms with Crippen LogP contribution in [0.4, 0.5) is 5.69 Å². The molecule has 4 aromatic rings. The fourth-order valence-corrected chi connectivity index (χ4v) is 4.05. The van der Waals surface area contributed by atoms with E-state index in [1.165, 1.54) is 17.3 Å². The lowest BCUT2D eigenvalue weighted by molar-refractivity contribution is -0.113. The normalized spacial score (nSPS) is 10.7. The lowest BCUT2D eigenvalue weighted by Gasteiger charge is -2.12. The van der Waals surface area contributed by atoms with Gasteiger partial charge in [0.15, 0.2) is 11.0 Å². The van der Waals surface area contributed by atoms with E-state index >= 15 is 0 Å². The molecule has 0 bridgehead atoms. The zero-order valence-corrected chi connectivity index (χ0v) is 19.0. The number of hydrogen-bond donors (Lipinski definition) is 1. The third-order valence-corrected chi connectivity index (χ3v) is 5.85. The Morgan fingerprint density at radius 3 is 2.41 bits per heavy atom. The first-order valence-corrected chi connectivity index (χ1v) is 11.2. The zero-order valence-electron chi connectivity index (χ0n) is 18.2. The first-order valence-electron chi connectivity index (χ1n) is 10.2. The van der Waals surface area contributed by atoms with Gasteiger partial charge >= 0.3 is 0 Å². The highest BCUT2D eigenvalue weighted by Crippen LogP contribution is 2.29. The van der Waals surface area contributed by atoms with Gasteiger partial charge in [0.05, 0.1) is 18.6 Å². The van der Waals surface area contributed by atoms with Crippen molar-refractivity contribution in [1.29, 1.82) is 0 Å². The van der Waals surface area contributed by atoms with Crippen LogP contribution >= 0.6 is 11.8 Å². The van der Waals surface area contributed by atoms with E-state index in [0.29, 0.717) is 16.6 Å². The molecule has 0 aliphatic heterocycles. The number of aryl methyl sites for hydroxylation is 2. The molecule has 0 saturated heterocycles. The SMILES string of the molecule is COc1ccc(C)cc1NC(=O)CSc1nnc(-c2ccccc2)n1-c1ccc(C)cc1. The minimum absolute atomic E-state index is 0.140. The van der Waals surface area contributed by atoms with E-state index < -0.39 is 0 Å². The number of aromatic nitrogens is 3. The van der Waals surface area contributed by atoms with Gasteiger partial charge in [0.1, 0.15) is 5.75 Å². The Kier molecular flexibility index (Phi) is 6.56. The van der Waals surface area contributed by atoms with Crippen LogP contribution in [-0.2, 0) is 4.79 Å². The third kappa shape index (κ3) is 4.84. The highest BCUT2D eigenvalue weighted by Gasteiger charge is 2.17. The van der Waals surface area contributed by atoms with Crippen molar-refractivity contribution in [2.75, 3.05) is 18.2 Å². The molecule has 4 rings (SSSR count). The summed E-state index contributed by atoms with van der Waals surface area (Å²) in [5.74, 6) is 1.41. The topological polar surface area (TPSA) is 69.0 Å². The molecule has 32 heavy (non-hydrogen) atoms. The molecule has 1 amide bonds. The maximum atomic E-state index is 12.7. The summed E-state index contributed by atoms with van der Waals surface area (Å²) >= 11 is 1.34. The number of carbonyl (C=O) groups is 1. The summed E-state index contributed by atoms with van der Waals surface area (Å²) in [6.07, 6.45) is 0. The molecular weight excluding hydrogens is 420 g/mol. The molecular formula is C25H24N4O2S. The summed E-state index contributed by atoms with van der Waals surface area (Å²) in [4.78, 5) is 12.7. The van der Waals surface area contributed by atoms with Gasteiger partial charge < -0.3 is 10.1 Å². The van der Waals surface area contributed by atoms with E-state index in [-0.39, 0.29) is 11.7 Å². The van der Waals surface area contributed by atoms with Crippen LogP contribution in [0.2, 0.25) is 0 Å². The van der Waals surface area contributed by atoms with Crippen molar-refractivity contribution in [3.05, 3.63) is 83.9 Å². The Hall–Kier alpha value is -3.58. The number of amides is 1. The fraction of sp³-hybridized carbons (Fsp3) is 0.160. The Balaban J connectivity index is 1.59. The maximum absolute atomic E-state index is 12.7. The molecule has 1 heterocycles. The number of carbonyl (C=O) groups excluding carboxylic acids is 1. The van der Waals surface area contributed by atoms with Crippen LogP contribution in [0.25, 0.3) is 17.1 Å². The van der Waals surface area contributed by atoms with Crippen molar-refractivity contribution in [3.8, 4) is 22.8 Å². The summed E-state index contributed by atoms with van der Waals surface area (Å²) in [5.41, 5.74) is 4.77. The number of thioether (sulfide) groups is 1. The predicted octanol–water partition coefficient (Wildman–Crippen LogP) is 5.29. The number of hydrogen-bond acceptors (Lipinski definition) is 5. The van der Waals surface area contributed by atoms with Crippen molar-refractivity contribution >= 4 is 23.4 Å². The molecule has 0 saturated carbocycles. The number of anilines is 1. The molecule has 0 atom stereocenters. The Morgan fingerprint density at radius 2 is 1.69 bits per heavy atom. The van der Waals surface area contributed by atoms with Crippen molar-refractivity contribution < 1.29 is 9.53 Å². The average Bonchev–Trinajstić information content (AvgIpc) is 3.23. The summed E-state index contributed by atoms with van der Waals surface area (Å²) in [6.45, 7) is 4.02. The number of methoxy groups -OCH3 is 1. The van der Waals surface area contributed by atoms with E-state index in [4.69, 9.17) is 4.74 Å². The van der Waals surface area contributed by atoms with Crippen LogP contribution in [0.5, 0.6) is 5.75 Å². The molecule has 0 radical (unpaired) electrons. The minimum Gasteiger partial charge on any atom is -0.495 e. The van der Waals surface area contributed by atoms with Gasteiger partial charge in [-0.05, 0) is 43.7 Å². The molecule has 0 unspecified atom stereocenters. The van der Waals surface area contributed by atoms with Crippen LogP contribution < -0.4 is 10.1 Å². The monoisotopic (exact) mass is 444 g/mol. The number of ether oxygens (including phenoxy) is 1. The molecule has 6 nitrogen and oxygen atoms in total. The van der Waals surface area contributed by atoms with Crippen LogP contribution in [0.1, 0.15) is 11.1 Å². The van der Waals surface area contributed by atoms with Gasteiger partial charge in [-0.15, -0.1) is 10.2 Å². The molecule has 162 valence electrons. The van der Waals surface area contributed by atoms with Crippen LogP contribution in [0.15, 0.2) is 78.0 Å². The van der Waals surface area contributed by atoms with E-state index in [9.17, 15) is 4.79 Å². The number of nitrogens with zero attached hydrogens (tertiary/aromatic N) is 3. The summed E-state index contributed by atoms with van der Waals surface area (Å²) in [7, 11) is 1.59. The summed E-state index contributed by atoms with van der Waals surface area (Å²) in [6, 6.07) is 23.8. The van der Waals surface area contributed by atoms with Crippen molar-refractivity contribution in [2.45, 2.75) is 19.0 Å². The largest absolute Gasteiger partial charge is 0.495 e. The van der Waals surface area contributed by atoms with Gasteiger partial charge in [-0.25, -0.2) is 0 Å². The van der Waals surface area contributed by atoms with Gasteiger partial charge in [-0.2, -0.15) is 0 Å². The number of benzene rings is 3. The second-order valence-corrected chi connectivity index (χ2v) is 8.33. The second kappa shape index (κ2) is 9.70. The highest BCUT2D eigenvalue weighted by molar-refractivity contribution is 7.99. The molecule has 0 aliphatic carbocycles. The zero-order chi connectivity index (χ0) is 22.5. The molecule has 3 aromatic carbocycles. The van der Waals surface area contributed by atoms with Gasteiger partial charge in [0, 0.05) is 11.3 Å². The number of rotatable bonds is 7. The van der Waals surface area contributed by atoms with Crippen molar-refractivity contribution in [1.82, 2.24) is 14.8 Å². The quantitative estimate of drug-likeness (QED) is 0.392. The first-order chi connectivity index (χ1) is 15.5. The van der Waals surface area contributed by atoms with E-state index in [1.807, 2.05) is 79.1 Å². The molecule has 1 N–H and O–H groups in total. The Labute approximate surface area is 191 Å². The van der Waals surface area contributed by atoms with Gasteiger partial charge in [-0.3, -0.25) is 9.36 Å². The van der Waals surface area contributed by atoms with Crippen LogP contribution in [0, 0.1) is 13.8 Å². The van der Waals surface area contributed by atoms with Crippen LogP contribution in [-0.4, -0.2) is 33.5 Å². The molecule has 0 fully saturated rings. The standard InChI is InChI=1S/C25H24N4O2S/c1-17-9-12-20(13-10-17)29-24(19-7-5-4-6-8-19)27-28-25(29)32-16-23(30)26-21-15-18(2)11-14-22(21)31-3/h4-15H,16H2,1-3H3,(H,26,30). The molecule has 0 spiro atoms. The lowest BCUT2D eigenvalue weighted by atomic mass is 10.2. The van der Waals surface area contributed by atoms with E-state index in [0.717, 1.165) is 22.6 Å². The van der Waals surface area contributed by atoms with Crippen molar-refractivity contribution in [3.63, 3.8) is 0 Å². The lowest BCUT2D eigenvalue weighted by Crippen LogP contribution is -2.15. The number of nitrogens with one attached hydrogen (secondary N) is 1. The third-order valence-electron chi connectivity index (χ3n) is 4.92. The predicted molar refractivity (Wildman–Crippen MR) is 129 cm³/mol. The fourth-order valence-electron chi connectivity index (χ4n) is 3.30. The maximum Gasteiger partial charge on any atom is 0.234 e. The van der Waals surface area contributed by atoms with E-state index in [1.54, 1.807) is 7.11 Å². The molecule has 0 aliphatic rings. The Bertz CT molecular complexity index is 1220. The summed E-state index contributed by atoms with van der Waals surface area (Å²) in [5, 5.41) is 12.4. The average molecular weight is 445 g/mol. The molecule has 7 heteroatoms.